The molecule has 122 valence electrons. The Morgan fingerprint density at radius 3 is 2.09 bits per heavy atom. The Bertz CT molecular complexity index is 699. The van der Waals surface area contributed by atoms with Crippen LogP contribution in [0.5, 0.6) is 0 Å². The van der Waals surface area contributed by atoms with Crippen LogP contribution in [0, 0.1) is 5.82 Å². The van der Waals surface area contributed by atoms with E-state index in [-0.39, 0.29) is 22.4 Å². The molecule has 2 nitrogen and oxygen atoms in total. The average Bonchev–Trinajstić information content (AvgIpc) is 2.46. The van der Waals surface area contributed by atoms with E-state index in [0.29, 0.717) is 0 Å². The van der Waals surface area contributed by atoms with Gasteiger partial charge in [0, 0.05) is 10.7 Å². The van der Waals surface area contributed by atoms with Gasteiger partial charge in [0.1, 0.15) is 5.82 Å². The van der Waals surface area contributed by atoms with Crippen molar-refractivity contribution in [2.75, 3.05) is 5.32 Å². The third kappa shape index (κ3) is 3.91. The highest BCUT2D eigenvalue weighted by atomic mass is 35.5. The second-order valence-corrected chi connectivity index (χ2v) is 6.64. The smallest absolute Gasteiger partial charge is 0.258 e. The number of halogens is 2. The van der Waals surface area contributed by atoms with Gasteiger partial charge in [0.25, 0.3) is 5.91 Å². The van der Waals surface area contributed by atoms with Gasteiger partial charge in [-0.05, 0) is 41.2 Å². The molecule has 1 N–H and O–H groups in total. The van der Waals surface area contributed by atoms with Crippen molar-refractivity contribution in [3.63, 3.8) is 0 Å². The first-order valence-electron chi connectivity index (χ1n) is 7.70. The van der Waals surface area contributed by atoms with Crippen LogP contribution in [0.1, 0.15) is 61.0 Å². The molecule has 0 aromatic heterocycles. The minimum atomic E-state index is -0.622. The Morgan fingerprint density at radius 1 is 1.04 bits per heavy atom. The number of carbonyl (C=O) groups is 1. The molecule has 2 aromatic carbocycles. The van der Waals surface area contributed by atoms with E-state index in [9.17, 15) is 9.18 Å². The van der Waals surface area contributed by atoms with Crippen LogP contribution >= 0.6 is 11.6 Å². The summed E-state index contributed by atoms with van der Waals surface area (Å²) in [6.07, 6.45) is 0. The Kier molecular flexibility index (Phi) is 5.42. The van der Waals surface area contributed by atoms with Crippen LogP contribution in [0.15, 0.2) is 36.4 Å². The van der Waals surface area contributed by atoms with Crippen molar-refractivity contribution in [3.05, 3.63) is 63.9 Å². The zero-order valence-electron chi connectivity index (χ0n) is 13.8. The predicted molar refractivity (Wildman–Crippen MR) is 94.0 cm³/mol. The molecule has 0 bridgehead atoms. The summed E-state index contributed by atoms with van der Waals surface area (Å²) >= 11 is 5.74. The number of carbonyl (C=O) groups excluding carboxylic acids is 1. The van der Waals surface area contributed by atoms with Gasteiger partial charge < -0.3 is 5.32 Å². The number of benzene rings is 2. The van der Waals surface area contributed by atoms with Crippen molar-refractivity contribution in [3.8, 4) is 0 Å². The summed E-state index contributed by atoms with van der Waals surface area (Å²) in [5.41, 5.74) is 2.84. The topological polar surface area (TPSA) is 29.1 Å². The number of amides is 1. The molecule has 0 aliphatic rings. The van der Waals surface area contributed by atoms with Crippen LogP contribution in [0.3, 0.4) is 0 Å². The van der Waals surface area contributed by atoms with Gasteiger partial charge in [0.05, 0.1) is 5.56 Å². The summed E-state index contributed by atoms with van der Waals surface area (Å²) in [7, 11) is 0. The molecule has 0 heterocycles. The molecule has 1 amide bonds. The molecule has 2 rings (SSSR count). The molecule has 23 heavy (non-hydrogen) atoms. The maximum Gasteiger partial charge on any atom is 0.258 e. The van der Waals surface area contributed by atoms with E-state index in [1.54, 1.807) is 0 Å². The Balaban J connectivity index is 2.44. The minimum absolute atomic E-state index is 0.0114. The van der Waals surface area contributed by atoms with Crippen LogP contribution in [0.25, 0.3) is 0 Å². The fraction of sp³-hybridized carbons (Fsp3) is 0.316. The zero-order chi connectivity index (χ0) is 17.1. The first kappa shape index (κ1) is 17.5. The van der Waals surface area contributed by atoms with Gasteiger partial charge in [-0.15, -0.1) is 0 Å². The van der Waals surface area contributed by atoms with Crippen molar-refractivity contribution in [1.82, 2.24) is 0 Å². The molecule has 0 fully saturated rings. The Labute approximate surface area is 141 Å². The summed E-state index contributed by atoms with van der Waals surface area (Å²) in [5, 5.41) is 3.16. The number of nitrogens with one attached hydrogen (secondary N) is 1. The van der Waals surface area contributed by atoms with Gasteiger partial charge in [-0.3, -0.25) is 4.79 Å². The summed E-state index contributed by atoms with van der Waals surface area (Å²) in [6.45, 7) is 8.27. The lowest BCUT2D eigenvalue weighted by Crippen LogP contribution is -2.17. The van der Waals surface area contributed by atoms with Crippen molar-refractivity contribution in [2.45, 2.75) is 39.5 Å². The van der Waals surface area contributed by atoms with Crippen LogP contribution in [0.4, 0.5) is 10.1 Å². The fourth-order valence-electron chi connectivity index (χ4n) is 2.55. The first-order valence-corrected chi connectivity index (χ1v) is 8.08. The van der Waals surface area contributed by atoms with Gasteiger partial charge in [0.15, 0.2) is 0 Å². The molecule has 0 saturated heterocycles. The van der Waals surface area contributed by atoms with Gasteiger partial charge >= 0.3 is 0 Å². The van der Waals surface area contributed by atoms with E-state index in [2.05, 4.69) is 33.0 Å². The van der Waals surface area contributed by atoms with Gasteiger partial charge in [-0.25, -0.2) is 4.39 Å². The average molecular weight is 334 g/mol. The number of hydrogen-bond donors (Lipinski definition) is 1. The number of para-hydroxylation sites is 1. The van der Waals surface area contributed by atoms with E-state index in [0.717, 1.165) is 22.9 Å². The molecule has 2 aromatic rings. The Morgan fingerprint density at radius 2 is 1.61 bits per heavy atom. The number of rotatable bonds is 4. The molecule has 0 saturated carbocycles. The van der Waals surface area contributed by atoms with E-state index in [1.807, 2.05) is 18.2 Å². The third-order valence-corrected chi connectivity index (χ3v) is 4.02. The van der Waals surface area contributed by atoms with Crippen LogP contribution < -0.4 is 5.32 Å². The lowest BCUT2D eigenvalue weighted by Gasteiger charge is -2.20. The van der Waals surface area contributed by atoms with Crippen molar-refractivity contribution in [1.29, 1.82) is 0 Å². The highest BCUT2D eigenvalue weighted by Crippen LogP contribution is 2.32. The van der Waals surface area contributed by atoms with Gasteiger partial charge in [0.2, 0.25) is 0 Å². The maximum atomic E-state index is 14.0. The predicted octanol–water partition coefficient (Wildman–Crippen LogP) is 5.98. The van der Waals surface area contributed by atoms with E-state index in [4.69, 9.17) is 11.6 Å². The number of hydrogen-bond acceptors (Lipinski definition) is 1. The van der Waals surface area contributed by atoms with Gasteiger partial charge in [-0.1, -0.05) is 57.5 Å². The SMILES string of the molecule is CC(C)c1cccc(C(C)C)c1NC(=O)c1ccc(Cl)cc1F. The molecule has 0 aliphatic carbocycles. The highest BCUT2D eigenvalue weighted by molar-refractivity contribution is 6.30. The lowest BCUT2D eigenvalue weighted by atomic mass is 9.92. The largest absolute Gasteiger partial charge is 0.321 e. The molecule has 0 atom stereocenters. The monoisotopic (exact) mass is 333 g/mol. The quantitative estimate of drug-likeness (QED) is 0.732. The molecule has 0 spiro atoms. The summed E-state index contributed by atoms with van der Waals surface area (Å²) in [6, 6.07) is 10.0. The van der Waals surface area contributed by atoms with E-state index < -0.39 is 11.7 Å². The Hall–Kier alpha value is -1.87. The highest BCUT2D eigenvalue weighted by Gasteiger charge is 2.18. The van der Waals surface area contributed by atoms with Crippen molar-refractivity contribution in [2.24, 2.45) is 0 Å². The van der Waals surface area contributed by atoms with Crippen molar-refractivity contribution < 1.29 is 9.18 Å². The maximum absolute atomic E-state index is 14.0. The molecular weight excluding hydrogens is 313 g/mol. The van der Waals surface area contributed by atoms with E-state index in [1.165, 1.54) is 12.1 Å². The normalized spacial score (nSPS) is 11.1. The molecule has 0 radical (unpaired) electrons. The lowest BCUT2D eigenvalue weighted by molar-refractivity contribution is 0.102. The third-order valence-electron chi connectivity index (χ3n) is 3.79. The summed E-state index contributed by atoms with van der Waals surface area (Å²) < 4.78 is 14.0. The van der Waals surface area contributed by atoms with Crippen LogP contribution in [0.2, 0.25) is 5.02 Å². The zero-order valence-corrected chi connectivity index (χ0v) is 14.5. The minimum Gasteiger partial charge on any atom is -0.321 e. The molecule has 0 aliphatic heterocycles. The van der Waals surface area contributed by atoms with Crippen molar-refractivity contribution >= 4 is 23.2 Å². The fourth-order valence-corrected chi connectivity index (χ4v) is 2.71. The summed E-state index contributed by atoms with van der Waals surface area (Å²) in [5.74, 6) is -0.588. The standard InChI is InChI=1S/C19H21ClFNO/c1-11(2)14-6-5-7-15(12(3)4)18(14)22-19(23)16-9-8-13(20)10-17(16)21/h5-12H,1-4H3,(H,22,23). The van der Waals surface area contributed by atoms with Crippen LogP contribution in [-0.4, -0.2) is 5.91 Å². The molecular formula is C19H21ClFNO. The van der Waals surface area contributed by atoms with Gasteiger partial charge in [-0.2, -0.15) is 0 Å². The second kappa shape index (κ2) is 7.14. The molecule has 0 unspecified atom stereocenters. The molecule has 4 heteroatoms. The number of anilines is 1. The van der Waals surface area contributed by atoms with Crippen LogP contribution in [-0.2, 0) is 0 Å². The van der Waals surface area contributed by atoms with E-state index >= 15 is 0 Å². The second-order valence-electron chi connectivity index (χ2n) is 6.20. The summed E-state index contributed by atoms with van der Waals surface area (Å²) in [4.78, 5) is 12.5. The first-order chi connectivity index (χ1) is 10.8.